The number of hydrogen-bond acceptors (Lipinski definition) is 2. The van der Waals surface area contributed by atoms with Gasteiger partial charge in [-0.25, -0.2) is 0 Å². The first-order valence-electron chi connectivity index (χ1n) is 6.42. The first kappa shape index (κ1) is 14.7. The minimum atomic E-state index is -5.00. The van der Waals surface area contributed by atoms with E-state index in [4.69, 9.17) is 0 Å². The van der Waals surface area contributed by atoms with E-state index >= 15 is 0 Å². The van der Waals surface area contributed by atoms with Crippen LogP contribution in [-0.4, -0.2) is 17.3 Å². The van der Waals surface area contributed by atoms with Crippen molar-refractivity contribution in [2.24, 2.45) is 0 Å². The molecule has 1 aromatic heterocycles. The molecule has 0 fully saturated rings. The van der Waals surface area contributed by atoms with Crippen LogP contribution in [0.2, 0.25) is 0 Å². The predicted octanol–water partition coefficient (Wildman–Crippen LogP) is 4.53. The molecule has 0 bridgehead atoms. The Kier molecular flexibility index (Phi) is 3.26. The van der Waals surface area contributed by atoms with Crippen molar-refractivity contribution >= 4 is 5.69 Å². The Morgan fingerprint density at radius 3 is 2.59 bits per heavy atom. The van der Waals surface area contributed by atoms with Gasteiger partial charge in [-0.2, -0.15) is 22.0 Å². The minimum absolute atomic E-state index is 0.324. The highest BCUT2D eigenvalue weighted by atomic mass is 19.4. The molecule has 1 aliphatic rings. The number of H-pyrrole nitrogens is 1. The SMILES string of the molecule is FC(F)(F)CC(F)(F)Oc1ccc2c(c1)NCc1cc[nH]c1-2. The van der Waals surface area contributed by atoms with Gasteiger partial charge in [0.25, 0.3) is 0 Å². The molecule has 0 radical (unpaired) electrons. The third kappa shape index (κ3) is 3.00. The molecule has 8 heteroatoms. The molecule has 2 N–H and O–H groups in total. The van der Waals surface area contributed by atoms with Crippen LogP contribution < -0.4 is 10.1 Å². The van der Waals surface area contributed by atoms with Gasteiger partial charge in [-0.05, 0) is 23.8 Å². The Balaban J connectivity index is 1.84. The van der Waals surface area contributed by atoms with Crippen molar-refractivity contribution in [2.75, 3.05) is 5.32 Å². The van der Waals surface area contributed by atoms with Crippen molar-refractivity contribution in [3.05, 3.63) is 36.0 Å². The molecule has 22 heavy (non-hydrogen) atoms. The quantitative estimate of drug-likeness (QED) is 0.816. The Hall–Kier alpha value is -2.25. The van der Waals surface area contributed by atoms with Crippen LogP contribution in [0.15, 0.2) is 30.5 Å². The second kappa shape index (κ2) is 4.89. The maximum absolute atomic E-state index is 13.3. The molecule has 0 amide bonds. The van der Waals surface area contributed by atoms with Crippen LogP contribution in [0, 0.1) is 0 Å². The van der Waals surface area contributed by atoms with E-state index < -0.39 is 18.7 Å². The third-order valence-corrected chi connectivity index (χ3v) is 3.24. The molecule has 0 saturated carbocycles. The highest BCUT2D eigenvalue weighted by Crippen LogP contribution is 2.39. The average molecular weight is 318 g/mol. The summed E-state index contributed by atoms with van der Waals surface area (Å²) in [5, 5.41) is 3.01. The molecule has 2 aromatic rings. The second-order valence-corrected chi connectivity index (χ2v) is 4.97. The number of ether oxygens (including phenoxy) is 1. The lowest BCUT2D eigenvalue weighted by atomic mass is 10.0. The van der Waals surface area contributed by atoms with Crippen LogP contribution >= 0.6 is 0 Å². The van der Waals surface area contributed by atoms with E-state index in [0.717, 1.165) is 16.8 Å². The van der Waals surface area contributed by atoms with Crippen molar-refractivity contribution in [3.63, 3.8) is 0 Å². The zero-order valence-corrected chi connectivity index (χ0v) is 11.1. The summed E-state index contributed by atoms with van der Waals surface area (Å²) in [6.07, 6.45) is -9.89. The summed E-state index contributed by atoms with van der Waals surface area (Å²) in [5.74, 6) is -0.324. The lowest BCUT2D eigenvalue weighted by Crippen LogP contribution is -2.31. The fraction of sp³-hybridized carbons (Fsp3) is 0.286. The number of alkyl halides is 5. The third-order valence-electron chi connectivity index (χ3n) is 3.24. The molecule has 0 aliphatic carbocycles. The van der Waals surface area contributed by atoms with E-state index in [1.54, 1.807) is 6.20 Å². The summed E-state index contributed by atoms with van der Waals surface area (Å²) < 4.78 is 67.0. The van der Waals surface area contributed by atoms with Crippen molar-refractivity contribution in [1.29, 1.82) is 0 Å². The van der Waals surface area contributed by atoms with Gasteiger partial charge in [0.05, 0.1) is 5.69 Å². The molecular formula is C14H11F5N2O. The zero-order chi connectivity index (χ0) is 16.0. The first-order chi connectivity index (χ1) is 10.2. The topological polar surface area (TPSA) is 37.0 Å². The molecule has 3 nitrogen and oxygen atoms in total. The first-order valence-corrected chi connectivity index (χ1v) is 6.42. The molecule has 118 valence electrons. The number of rotatable bonds is 3. The van der Waals surface area contributed by atoms with Crippen molar-refractivity contribution in [3.8, 4) is 17.0 Å². The molecule has 1 aliphatic heterocycles. The summed E-state index contributed by atoms with van der Waals surface area (Å²) in [4.78, 5) is 3.03. The van der Waals surface area contributed by atoms with Gasteiger partial charge in [0.15, 0.2) is 0 Å². The monoisotopic (exact) mass is 318 g/mol. The Morgan fingerprint density at radius 1 is 1.09 bits per heavy atom. The van der Waals surface area contributed by atoms with Crippen LogP contribution in [0.25, 0.3) is 11.3 Å². The van der Waals surface area contributed by atoms with Gasteiger partial charge < -0.3 is 15.0 Å². The highest BCUT2D eigenvalue weighted by Gasteiger charge is 2.45. The fourth-order valence-electron chi connectivity index (χ4n) is 2.38. The number of nitrogens with one attached hydrogen (secondary N) is 2. The van der Waals surface area contributed by atoms with E-state index in [1.165, 1.54) is 18.2 Å². The van der Waals surface area contributed by atoms with Crippen LogP contribution in [0.5, 0.6) is 5.75 Å². The average Bonchev–Trinajstić information content (AvgIpc) is 2.83. The maximum atomic E-state index is 13.3. The maximum Gasteiger partial charge on any atom is 0.406 e. The lowest BCUT2D eigenvalue weighted by Gasteiger charge is -2.22. The Labute approximate surface area is 122 Å². The number of hydrogen-bond donors (Lipinski definition) is 2. The Morgan fingerprint density at radius 2 is 1.86 bits per heavy atom. The minimum Gasteiger partial charge on any atom is -0.432 e. The lowest BCUT2D eigenvalue weighted by molar-refractivity contribution is -0.255. The summed E-state index contributed by atoms with van der Waals surface area (Å²) in [5.41, 5.74) is 3.14. The van der Waals surface area contributed by atoms with Crippen molar-refractivity contribution < 1.29 is 26.7 Å². The standard InChI is InChI=1S/C14H11F5N2O/c15-13(16,17)7-14(18,19)22-9-1-2-10-11(5-9)21-6-8-3-4-20-12(8)10/h1-5,20-21H,6-7H2. The van der Waals surface area contributed by atoms with Gasteiger partial charge in [0, 0.05) is 30.1 Å². The molecular weight excluding hydrogens is 307 g/mol. The van der Waals surface area contributed by atoms with Gasteiger partial charge in [0.1, 0.15) is 12.2 Å². The molecule has 1 aromatic carbocycles. The number of fused-ring (bicyclic) bond motifs is 3. The van der Waals surface area contributed by atoms with Crippen molar-refractivity contribution in [2.45, 2.75) is 25.3 Å². The fourth-order valence-corrected chi connectivity index (χ4v) is 2.38. The van der Waals surface area contributed by atoms with Crippen LogP contribution in [0.3, 0.4) is 0 Å². The molecule has 3 rings (SSSR count). The van der Waals surface area contributed by atoms with E-state index in [1.807, 2.05) is 6.07 Å². The zero-order valence-electron chi connectivity index (χ0n) is 11.1. The van der Waals surface area contributed by atoms with Gasteiger partial charge in [0.2, 0.25) is 0 Å². The summed E-state index contributed by atoms with van der Waals surface area (Å²) in [6.45, 7) is 0.494. The normalized spacial score (nSPS) is 14.0. The summed E-state index contributed by atoms with van der Waals surface area (Å²) in [7, 11) is 0. The van der Waals surface area contributed by atoms with Gasteiger partial charge in [-0.3, -0.25) is 0 Å². The molecule has 0 atom stereocenters. The van der Waals surface area contributed by atoms with Gasteiger partial charge in [-0.15, -0.1) is 0 Å². The van der Waals surface area contributed by atoms with Gasteiger partial charge in [-0.1, -0.05) is 0 Å². The number of aromatic amines is 1. The summed E-state index contributed by atoms with van der Waals surface area (Å²) in [6, 6.07) is 5.90. The van der Waals surface area contributed by atoms with E-state index in [0.29, 0.717) is 12.2 Å². The van der Waals surface area contributed by atoms with Gasteiger partial charge >= 0.3 is 12.3 Å². The van der Waals surface area contributed by atoms with Crippen LogP contribution in [0.1, 0.15) is 12.0 Å². The Bertz CT molecular complexity index is 693. The van der Waals surface area contributed by atoms with E-state index in [-0.39, 0.29) is 5.75 Å². The predicted molar refractivity (Wildman–Crippen MR) is 69.8 cm³/mol. The largest absolute Gasteiger partial charge is 0.432 e. The van der Waals surface area contributed by atoms with Crippen LogP contribution in [0.4, 0.5) is 27.6 Å². The van der Waals surface area contributed by atoms with Crippen LogP contribution in [-0.2, 0) is 6.54 Å². The molecule has 0 saturated heterocycles. The molecule has 2 heterocycles. The smallest absolute Gasteiger partial charge is 0.406 e. The van der Waals surface area contributed by atoms with E-state index in [9.17, 15) is 22.0 Å². The second-order valence-electron chi connectivity index (χ2n) is 4.97. The number of halogens is 5. The highest BCUT2D eigenvalue weighted by molar-refractivity contribution is 5.81. The number of benzene rings is 1. The number of aromatic nitrogens is 1. The van der Waals surface area contributed by atoms with E-state index in [2.05, 4.69) is 15.0 Å². The van der Waals surface area contributed by atoms with Crippen molar-refractivity contribution in [1.82, 2.24) is 4.98 Å². The molecule has 0 unspecified atom stereocenters. The molecule has 0 spiro atoms. The summed E-state index contributed by atoms with van der Waals surface area (Å²) >= 11 is 0. The number of anilines is 1.